The van der Waals surface area contributed by atoms with E-state index in [4.69, 9.17) is 23.2 Å². The molecule has 0 spiro atoms. The molecule has 3 rings (SSSR count). The molecule has 0 radical (unpaired) electrons. The van der Waals surface area contributed by atoms with E-state index in [2.05, 4.69) is 5.32 Å². The van der Waals surface area contributed by atoms with E-state index >= 15 is 0 Å². The standard InChI is InChI=1S/C24H29Cl2N3O4/c1-3-11-27-22(31)15(2)29(14-16-8-9-17(25)13-20(16)26)21(30)10-12-28-23(32)18-6-4-5-7-19(18)24(28)33/h4-5,8-9,13,15,18-19H,3,6-7,10-12,14H2,1-2H3,(H,27,31)/t15?,18-,19+. The summed E-state index contributed by atoms with van der Waals surface area (Å²) in [5, 5.41) is 3.67. The van der Waals surface area contributed by atoms with Gasteiger partial charge in [0.25, 0.3) is 0 Å². The third-order valence-corrected chi connectivity index (χ3v) is 6.81. The van der Waals surface area contributed by atoms with Crippen LogP contribution >= 0.6 is 23.2 Å². The number of likely N-dealkylation sites (tertiary alicyclic amines) is 1. The lowest BCUT2D eigenvalue weighted by molar-refractivity contribution is -0.143. The van der Waals surface area contributed by atoms with E-state index < -0.39 is 6.04 Å². The van der Waals surface area contributed by atoms with Crippen LogP contribution in [0.5, 0.6) is 0 Å². The molecular weight excluding hydrogens is 465 g/mol. The molecule has 3 atom stereocenters. The highest BCUT2D eigenvalue weighted by atomic mass is 35.5. The molecule has 9 heteroatoms. The molecule has 1 aliphatic carbocycles. The molecule has 0 saturated carbocycles. The first-order valence-corrected chi connectivity index (χ1v) is 12.0. The largest absolute Gasteiger partial charge is 0.354 e. The first-order valence-electron chi connectivity index (χ1n) is 11.3. The number of imide groups is 1. The van der Waals surface area contributed by atoms with Crippen molar-refractivity contribution in [1.29, 1.82) is 0 Å². The van der Waals surface area contributed by atoms with Crippen molar-refractivity contribution in [3.63, 3.8) is 0 Å². The molecule has 0 bridgehead atoms. The number of hydrogen-bond acceptors (Lipinski definition) is 4. The van der Waals surface area contributed by atoms with Crippen LogP contribution in [0.1, 0.15) is 45.1 Å². The van der Waals surface area contributed by atoms with Gasteiger partial charge in [0.2, 0.25) is 23.6 Å². The van der Waals surface area contributed by atoms with Gasteiger partial charge >= 0.3 is 0 Å². The molecule has 1 saturated heterocycles. The van der Waals surface area contributed by atoms with Crippen LogP contribution in [-0.4, -0.2) is 52.6 Å². The maximum absolute atomic E-state index is 13.2. The van der Waals surface area contributed by atoms with Gasteiger partial charge in [-0.2, -0.15) is 0 Å². The number of carbonyl (C=O) groups excluding carboxylic acids is 4. The second kappa shape index (κ2) is 11.2. The lowest BCUT2D eigenvalue weighted by Crippen LogP contribution is -2.48. The Morgan fingerprint density at radius 1 is 1.15 bits per heavy atom. The number of carbonyl (C=O) groups is 4. The molecule has 7 nitrogen and oxygen atoms in total. The second-order valence-electron chi connectivity index (χ2n) is 8.46. The van der Waals surface area contributed by atoms with Gasteiger partial charge in [-0.15, -0.1) is 0 Å². The number of allylic oxidation sites excluding steroid dienone is 2. The van der Waals surface area contributed by atoms with Gasteiger partial charge in [-0.3, -0.25) is 24.1 Å². The van der Waals surface area contributed by atoms with Gasteiger partial charge in [-0.25, -0.2) is 0 Å². The van der Waals surface area contributed by atoms with Gasteiger partial charge in [0.15, 0.2) is 0 Å². The topological polar surface area (TPSA) is 86.8 Å². The average molecular weight is 494 g/mol. The second-order valence-corrected chi connectivity index (χ2v) is 9.30. The summed E-state index contributed by atoms with van der Waals surface area (Å²) in [6.45, 7) is 4.20. The van der Waals surface area contributed by atoms with Crippen molar-refractivity contribution in [2.45, 2.75) is 52.1 Å². The van der Waals surface area contributed by atoms with Crippen LogP contribution in [0, 0.1) is 11.8 Å². The minimum absolute atomic E-state index is 0.00233. The Labute approximate surface area is 204 Å². The summed E-state index contributed by atoms with van der Waals surface area (Å²) in [5.41, 5.74) is 0.648. The fourth-order valence-corrected chi connectivity index (χ4v) is 4.72. The predicted octanol–water partition coefficient (Wildman–Crippen LogP) is 3.58. The third kappa shape index (κ3) is 5.76. The molecule has 1 heterocycles. The van der Waals surface area contributed by atoms with Gasteiger partial charge in [0.1, 0.15) is 6.04 Å². The summed E-state index contributed by atoms with van der Waals surface area (Å²) in [7, 11) is 0. The van der Waals surface area contributed by atoms with Gasteiger partial charge in [-0.05, 0) is 43.9 Å². The zero-order valence-corrected chi connectivity index (χ0v) is 20.4. The molecule has 33 heavy (non-hydrogen) atoms. The number of rotatable bonds is 9. The molecular formula is C24H29Cl2N3O4. The van der Waals surface area contributed by atoms with E-state index in [0.29, 0.717) is 35.0 Å². The van der Waals surface area contributed by atoms with E-state index in [9.17, 15) is 19.2 Å². The summed E-state index contributed by atoms with van der Waals surface area (Å²) < 4.78 is 0. The quantitative estimate of drug-likeness (QED) is 0.420. The van der Waals surface area contributed by atoms with E-state index in [-0.39, 0.29) is 55.0 Å². The van der Waals surface area contributed by atoms with Crippen molar-refractivity contribution in [3.05, 3.63) is 46.0 Å². The van der Waals surface area contributed by atoms with E-state index in [1.54, 1.807) is 25.1 Å². The van der Waals surface area contributed by atoms with Gasteiger partial charge in [0.05, 0.1) is 11.8 Å². The van der Waals surface area contributed by atoms with E-state index in [1.807, 2.05) is 19.1 Å². The molecule has 4 amide bonds. The SMILES string of the molecule is CCCNC(=O)C(C)N(Cc1ccc(Cl)cc1Cl)C(=O)CCN1C(=O)[C@H]2CC=CC[C@H]2C1=O. The molecule has 1 unspecified atom stereocenters. The smallest absolute Gasteiger partial charge is 0.242 e. The Morgan fingerprint density at radius 2 is 1.79 bits per heavy atom. The van der Waals surface area contributed by atoms with Gasteiger partial charge in [0, 0.05) is 36.1 Å². The Hall–Kier alpha value is -2.38. The Bertz CT molecular complexity index is 939. The van der Waals surface area contributed by atoms with Crippen molar-refractivity contribution in [2.75, 3.05) is 13.1 Å². The highest BCUT2D eigenvalue weighted by Gasteiger charge is 2.47. The maximum atomic E-state index is 13.2. The monoisotopic (exact) mass is 493 g/mol. The van der Waals surface area contributed by atoms with Crippen LogP contribution in [0.4, 0.5) is 0 Å². The number of nitrogens with one attached hydrogen (secondary N) is 1. The molecule has 178 valence electrons. The molecule has 1 N–H and O–H groups in total. The molecule has 1 aromatic carbocycles. The molecule has 0 aromatic heterocycles. The molecule has 1 aromatic rings. The Kier molecular flexibility index (Phi) is 8.54. The normalized spacial score (nSPS) is 20.5. The minimum atomic E-state index is -0.757. The van der Waals surface area contributed by atoms with Crippen LogP contribution in [0.15, 0.2) is 30.4 Å². The van der Waals surface area contributed by atoms with Crippen LogP contribution in [0.25, 0.3) is 0 Å². The lowest BCUT2D eigenvalue weighted by Gasteiger charge is -2.29. The van der Waals surface area contributed by atoms with Gasteiger partial charge in [-0.1, -0.05) is 48.3 Å². The summed E-state index contributed by atoms with van der Waals surface area (Å²) in [5.74, 6) is -1.72. The van der Waals surface area contributed by atoms with Crippen molar-refractivity contribution in [2.24, 2.45) is 11.8 Å². The summed E-state index contributed by atoms with van der Waals surface area (Å²) in [6, 6.07) is 4.21. The number of hydrogen-bond donors (Lipinski definition) is 1. The number of benzene rings is 1. The summed E-state index contributed by atoms with van der Waals surface area (Å²) in [4.78, 5) is 53.9. The highest BCUT2D eigenvalue weighted by Crippen LogP contribution is 2.35. The van der Waals surface area contributed by atoms with E-state index in [0.717, 1.165) is 6.42 Å². The summed E-state index contributed by atoms with van der Waals surface area (Å²) >= 11 is 12.3. The zero-order chi connectivity index (χ0) is 24.1. The van der Waals surface area contributed by atoms with E-state index in [1.165, 1.54) is 9.80 Å². The fourth-order valence-electron chi connectivity index (χ4n) is 4.25. The first-order chi connectivity index (χ1) is 15.7. The van der Waals surface area contributed by atoms with Crippen LogP contribution in [-0.2, 0) is 25.7 Å². The molecule has 1 aliphatic heterocycles. The van der Waals surface area contributed by atoms with Crippen molar-refractivity contribution in [1.82, 2.24) is 15.1 Å². The Morgan fingerprint density at radius 3 is 2.36 bits per heavy atom. The number of nitrogens with zero attached hydrogens (tertiary/aromatic N) is 2. The van der Waals surface area contributed by atoms with Crippen LogP contribution in [0.2, 0.25) is 10.0 Å². The van der Waals surface area contributed by atoms with Crippen molar-refractivity contribution < 1.29 is 19.2 Å². The molecule has 2 aliphatic rings. The number of fused-ring (bicyclic) bond motifs is 1. The fraction of sp³-hybridized carbons (Fsp3) is 0.500. The minimum Gasteiger partial charge on any atom is -0.354 e. The number of halogens is 2. The highest BCUT2D eigenvalue weighted by molar-refractivity contribution is 6.35. The predicted molar refractivity (Wildman–Crippen MR) is 126 cm³/mol. The van der Waals surface area contributed by atoms with Crippen molar-refractivity contribution in [3.8, 4) is 0 Å². The summed E-state index contributed by atoms with van der Waals surface area (Å²) in [6.07, 6.45) is 5.65. The zero-order valence-electron chi connectivity index (χ0n) is 18.9. The lowest BCUT2D eigenvalue weighted by atomic mass is 9.85. The number of amides is 4. The average Bonchev–Trinajstić information content (AvgIpc) is 3.04. The van der Waals surface area contributed by atoms with Crippen LogP contribution in [0.3, 0.4) is 0 Å². The Balaban J connectivity index is 1.73. The van der Waals surface area contributed by atoms with Crippen molar-refractivity contribution >= 4 is 46.8 Å². The van der Waals surface area contributed by atoms with Gasteiger partial charge < -0.3 is 10.2 Å². The first kappa shape index (κ1) is 25.2. The molecule has 1 fully saturated rings. The third-order valence-electron chi connectivity index (χ3n) is 6.22. The maximum Gasteiger partial charge on any atom is 0.242 e. The van der Waals surface area contributed by atoms with Crippen LogP contribution < -0.4 is 5.32 Å².